The SMILES string of the molecule is C[N+](C)(C)CCCNC(=O)C(F)(F)C(F)(F)C(F)(F)C(F)(F)C(F)(F)C(F)(F)F. The molecule has 1 amide bonds. The molecule has 0 aromatic carbocycles. The number of hydrogen-bond donors (Lipinski definition) is 1. The Labute approximate surface area is 155 Å². The lowest BCUT2D eigenvalue weighted by Crippen LogP contribution is -2.72. The van der Waals surface area contributed by atoms with Crippen LogP contribution in [0, 0.1) is 0 Å². The van der Waals surface area contributed by atoms with Crippen molar-refractivity contribution in [3.05, 3.63) is 0 Å². The van der Waals surface area contributed by atoms with Gasteiger partial charge in [-0.1, -0.05) is 0 Å². The summed E-state index contributed by atoms with van der Waals surface area (Å²) in [6.07, 6.45) is -7.67. The highest BCUT2D eigenvalue weighted by molar-refractivity contribution is 5.84. The van der Waals surface area contributed by atoms with Gasteiger partial charge in [0.2, 0.25) is 0 Å². The summed E-state index contributed by atoms with van der Waals surface area (Å²) in [6, 6.07) is 0. The minimum Gasteiger partial charge on any atom is -0.350 e. The van der Waals surface area contributed by atoms with Crippen LogP contribution in [0.3, 0.4) is 0 Å². The van der Waals surface area contributed by atoms with E-state index in [1.54, 1.807) is 21.1 Å². The van der Waals surface area contributed by atoms with Gasteiger partial charge in [-0.05, 0) is 0 Å². The van der Waals surface area contributed by atoms with Crippen LogP contribution in [0.2, 0.25) is 0 Å². The number of nitrogens with zero attached hydrogens (tertiary/aromatic N) is 1. The quantitative estimate of drug-likeness (QED) is 0.314. The van der Waals surface area contributed by atoms with E-state index < -0.39 is 48.2 Å². The molecule has 0 aliphatic heterocycles. The molecule has 0 fully saturated rings. The Kier molecular flexibility index (Phi) is 7.26. The number of quaternary nitrogens is 1. The van der Waals surface area contributed by atoms with E-state index in [1.807, 2.05) is 0 Å². The molecule has 0 aliphatic rings. The van der Waals surface area contributed by atoms with Crippen molar-refractivity contribution in [3.8, 4) is 0 Å². The molecule has 16 heteroatoms. The summed E-state index contributed by atoms with van der Waals surface area (Å²) in [7, 11) is 4.73. The van der Waals surface area contributed by atoms with E-state index in [0.717, 1.165) is 5.32 Å². The van der Waals surface area contributed by atoms with Crippen LogP contribution in [0.4, 0.5) is 57.1 Å². The zero-order chi connectivity index (χ0) is 23.9. The van der Waals surface area contributed by atoms with Gasteiger partial charge in [0.1, 0.15) is 0 Å². The fraction of sp³-hybridized carbons (Fsp3) is 0.923. The van der Waals surface area contributed by atoms with Crippen molar-refractivity contribution in [2.45, 2.75) is 42.2 Å². The van der Waals surface area contributed by atoms with Gasteiger partial charge < -0.3 is 9.80 Å². The summed E-state index contributed by atoms with van der Waals surface area (Å²) in [5, 5.41) is 1.03. The molecule has 3 nitrogen and oxygen atoms in total. The molecule has 0 radical (unpaired) electrons. The fourth-order valence-corrected chi connectivity index (χ4v) is 1.78. The number of hydrogen-bond acceptors (Lipinski definition) is 1. The molecule has 0 aromatic heterocycles. The van der Waals surface area contributed by atoms with Gasteiger partial charge in [-0.15, -0.1) is 0 Å². The van der Waals surface area contributed by atoms with Gasteiger partial charge in [0.05, 0.1) is 27.7 Å². The summed E-state index contributed by atoms with van der Waals surface area (Å²) < 4.78 is 168. The van der Waals surface area contributed by atoms with Crippen LogP contribution in [-0.4, -0.2) is 80.4 Å². The van der Waals surface area contributed by atoms with Crippen molar-refractivity contribution in [3.63, 3.8) is 0 Å². The van der Waals surface area contributed by atoms with E-state index in [-0.39, 0.29) is 17.4 Å². The molecule has 1 N–H and O–H groups in total. The van der Waals surface area contributed by atoms with Gasteiger partial charge >= 0.3 is 35.8 Å². The minimum atomic E-state index is -8.02. The highest BCUT2D eigenvalue weighted by Crippen LogP contribution is 2.60. The molecule has 174 valence electrons. The van der Waals surface area contributed by atoms with Gasteiger partial charge in [-0.3, -0.25) is 4.79 Å². The molecule has 0 saturated carbocycles. The highest BCUT2D eigenvalue weighted by Gasteiger charge is 2.91. The van der Waals surface area contributed by atoms with Gasteiger partial charge in [0, 0.05) is 13.0 Å². The average Bonchev–Trinajstić information content (AvgIpc) is 2.48. The predicted molar refractivity (Wildman–Crippen MR) is 71.3 cm³/mol. The van der Waals surface area contributed by atoms with Crippen molar-refractivity contribution in [2.24, 2.45) is 0 Å². The molecule has 0 spiro atoms. The Morgan fingerprint density at radius 2 is 1.07 bits per heavy atom. The summed E-state index contributed by atoms with van der Waals surface area (Å²) in [6.45, 7) is -0.699. The molecule has 0 aliphatic carbocycles. The zero-order valence-corrected chi connectivity index (χ0v) is 14.9. The second-order valence-electron chi connectivity index (χ2n) is 6.99. The Morgan fingerprint density at radius 1 is 0.690 bits per heavy atom. The molecule has 0 aromatic rings. The van der Waals surface area contributed by atoms with E-state index in [0.29, 0.717) is 0 Å². The van der Waals surface area contributed by atoms with Crippen molar-refractivity contribution in [1.82, 2.24) is 5.32 Å². The van der Waals surface area contributed by atoms with Crippen molar-refractivity contribution < 1.29 is 66.4 Å². The smallest absolute Gasteiger partial charge is 0.350 e. The third kappa shape index (κ3) is 4.82. The standard InChI is InChI=1S/C13H15F13N2O/c1-28(2,3)6-4-5-27-7(29)8(14,15)9(16,17)10(18,19)11(20,21)12(22,23)13(24,25)26/h4-6H2,1-3H3/p+1. The number of carbonyl (C=O) groups is 1. The van der Waals surface area contributed by atoms with Crippen molar-refractivity contribution in [1.29, 1.82) is 0 Å². The first-order chi connectivity index (χ1) is 12.4. The maximum Gasteiger partial charge on any atom is 0.460 e. The lowest BCUT2D eigenvalue weighted by Gasteiger charge is -2.39. The summed E-state index contributed by atoms with van der Waals surface area (Å²) >= 11 is 0. The monoisotopic (exact) mass is 463 g/mol. The first kappa shape index (κ1) is 27.5. The molecule has 0 atom stereocenters. The molecule has 0 saturated heterocycles. The number of halogens is 13. The largest absolute Gasteiger partial charge is 0.460 e. The number of amides is 1. The Hall–Kier alpha value is -1.48. The maximum atomic E-state index is 13.5. The topological polar surface area (TPSA) is 29.1 Å². The van der Waals surface area contributed by atoms with E-state index in [4.69, 9.17) is 0 Å². The molecule has 0 bridgehead atoms. The Morgan fingerprint density at radius 3 is 1.41 bits per heavy atom. The van der Waals surface area contributed by atoms with Crippen LogP contribution in [0.1, 0.15) is 6.42 Å². The van der Waals surface area contributed by atoms with Crippen LogP contribution < -0.4 is 5.32 Å². The van der Waals surface area contributed by atoms with Gasteiger partial charge in [-0.2, -0.15) is 57.1 Å². The van der Waals surface area contributed by atoms with Gasteiger partial charge in [-0.25, -0.2) is 0 Å². The summed E-state index contributed by atoms with van der Waals surface area (Å²) in [4.78, 5) is 11.1. The lowest BCUT2D eigenvalue weighted by molar-refractivity contribution is -0.870. The van der Waals surface area contributed by atoms with Crippen LogP contribution >= 0.6 is 0 Å². The third-order valence-electron chi connectivity index (χ3n) is 3.51. The number of nitrogens with one attached hydrogen (secondary N) is 1. The molecule has 0 heterocycles. The normalized spacial score (nSPS) is 15.4. The summed E-state index contributed by atoms with van der Waals surface area (Å²) in [5.41, 5.74) is 0. The minimum absolute atomic E-state index is 0.133. The predicted octanol–water partition coefficient (Wildman–Crippen LogP) is 3.94. The first-order valence-electron chi connectivity index (χ1n) is 7.42. The number of carbonyl (C=O) groups excluding carboxylic acids is 1. The second kappa shape index (κ2) is 7.65. The van der Waals surface area contributed by atoms with Gasteiger partial charge in [0.25, 0.3) is 5.91 Å². The van der Waals surface area contributed by atoms with E-state index in [9.17, 15) is 61.9 Å². The zero-order valence-electron chi connectivity index (χ0n) is 14.9. The third-order valence-corrected chi connectivity index (χ3v) is 3.51. The Bertz CT molecular complexity index is 592. The van der Waals surface area contributed by atoms with E-state index in [1.165, 1.54) is 0 Å². The lowest BCUT2D eigenvalue weighted by atomic mass is 9.93. The number of alkyl halides is 13. The van der Waals surface area contributed by atoms with Crippen LogP contribution in [0.15, 0.2) is 0 Å². The van der Waals surface area contributed by atoms with Crippen molar-refractivity contribution in [2.75, 3.05) is 34.2 Å². The van der Waals surface area contributed by atoms with E-state index in [2.05, 4.69) is 0 Å². The van der Waals surface area contributed by atoms with Gasteiger partial charge in [0.15, 0.2) is 0 Å². The number of rotatable bonds is 9. The second-order valence-corrected chi connectivity index (χ2v) is 6.99. The maximum absolute atomic E-state index is 13.5. The molecular formula is C13H16F13N2O+. The summed E-state index contributed by atoms with van der Waals surface area (Å²) in [5.74, 6) is -41.4. The fourth-order valence-electron chi connectivity index (χ4n) is 1.78. The first-order valence-corrected chi connectivity index (χ1v) is 7.42. The van der Waals surface area contributed by atoms with E-state index >= 15 is 0 Å². The highest BCUT2D eigenvalue weighted by atomic mass is 19.4. The van der Waals surface area contributed by atoms with Crippen LogP contribution in [0.5, 0.6) is 0 Å². The van der Waals surface area contributed by atoms with Crippen LogP contribution in [0.25, 0.3) is 0 Å². The van der Waals surface area contributed by atoms with Crippen molar-refractivity contribution >= 4 is 5.91 Å². The molecule has 0 rings (SSSR count). The Balaban J connectivity index is 5.78. The molecule has 29 heavy (non-hydrogen) atoms. The molecular weight excluding hydrogens is 447 g/mol. The molecule has 0 unspecified atom stereocenters. The van der Waals surface area contributed by atoms with Crippen LogP contribution in [-0.2, 0) is 4.79 Å². The average molecular weight is 463 g/mol.